The Balaban J connectivity index is 2.72. The number of aliphatic hydroxyl groups is 1. The molecular weight excluding hydrogens is 445 g/mol. The van der Waals surface area contributed by atoms with E-state index in [1.54, 1.807) is 18.7 Å². The Bertz CT molecular complexity index is 699. The molecule has 29 heavy (non-hydrogen) atoms. The summed E-state index contributed by atoms with van der Waals surface area (Å²) in [5.41, 5.74) is 0.786. The summed E-state index contributed by atoms with van der Waals surface area (Å²) in [6.45, 7) is 16.8. The molecule has 0 fully saturated rings. The number of nitrogens with zero attached hydrogens (tertiary/aromatic N) is 4. The third-order valence-corrected chi connectivity index (χ3v) is 7.93. The molecule has 0 aliphatic rings. The molecule has 10 heteroatoms. The first kappa shape index (κ1) is 26.4. The van der Waals surface area contributed by atoms with Crippen molar-refractivity contribution < 1.29 is 9.90 Å². The van der Waals surface area contributed by atoms with Crippen molar-refractivity contribution in [1.82, 2.24) is 15.0 Å². The highest BCUT2D eigenvalue weighted by molar-refractivity contribution is 8.14. The van der Waals surface area contributed by atoms with Crippen molar-refractivity contribution in [3.8, 4) is 0 Å². The Labute approximate surface area is 191 Å². The van der Waals surface area contributed by atoms with E-state index >= 15 is 0 Å². The topological polar surface area (TPSA) is 79.2 Å². The fraction of sp³-hybridized carbons (Fsp3) is 0.579. The van der Waals surface area contributed by atoms with Crippen molar-refractivity contribution in [3.63, 3.8) is 0 Å². The zero-order chi connectivity index (χ0) is 21.8. The smallest absolute Gasteiger partial charge is 0.230 e. The maximum atomic E-state index is 11.6. The van der Waals surface area contributed by atoms with Gasteiger partial charge in [0.2, 0.25) is 11.1 Å². The van der Waals surface area contributed by atoms with Crippen LogP contribution >= 0.6 is 47.0 Å². The molecule has 1 heterocycles. The summed E-state index contributed by atoms with van der Waals surface area (Å²) in [5, 5.41) is 11.2. The number of hydrogen-bond donors (Lipinski definition) is 1. The minimum Gasteiger partial charge on any atom is -0.378 e. The van der Waals surface area contributed by atoms with E-state index in [1.807, 2.05) is 6.92 Å². The van der Waals surface area contributed by atoms with Crippen LogP contribution in [0.4, 0.5) is 5.95 Å². The second-order valence-electron chi connectivity index (χ2n) is 6.06. The second kappa shape index (κ2) is 14.3. The summed E-state index contributed by atoms with van der Waals surface area (Å²) in [6.07, 6.45) is 0. The summed E-state index contributed by atoms with van der Waals surface area (Å²) in [4.78, 5) is 27.5. The Hall–Kier alpha value is -0.680. The highest BCUT2D eigenvalue weighted by atomic mass is 32.2. The van der Waals surface area contributed by atoms with Crippen molar-refractivity contribution in [1.29, 1.82) is 0 Å². The van der Waals surface area contributed by atoms with E-state index in [0.717, 1.165) is 35.9 Å². The Morgan fingerprint density at radius 3 is 2.03 bits per heavy atom. The molecule has 6 nitrogen and oxygen atoms in total. The average molecular weight is 475 g/mol. The van der Waals surface area contributed by atoms with Gasteiger partial charge < -0.3 is 10.0 Å². The van der Waals surface area contributed by atoms with Crippen molar-refractivity contribution in [2.45, 2.75) is 43.4 Å². The average Bonchev–Trinajstić information content (AvgIpc) is 2.69. The van der Waals surface area contributed by atoms with Gasteiger partial charge in [0.05, 0.1) is 0 Å². The fourth-order valence-corrected chi connectivity index (χ4v) is 5.27. The predicted molar refractivity (Wildman–Crippen MR) is 130 cm³/mol. The van der Waals surface area contributed by atoms with Crippen LogP contribution in [-0.4, -0.2) is 66.7 Å². The maximum Gasteiger partial charge on any atom is 0.230 e. The first-order chi connectivity index (χ1) is 13.8. The van der Waals surface area contributed by atoms with Gasteiger partial charge in [0.15, 0.2) is 10.3 Å². The largest absolute Gasteiger partial charge is 0.378 e. The summed E-state index contributed by atoms with van der Waals surface area (Å²) < 4.78 is 0. The lowest BCUT2D eigenvalue weighted by Gasteiger charge is -2.19. The number of anilines is 1. The summed E-state index contributed by atoms with van der Waals surface area (Å²) in [7, 11) is 0. The number of aliphatic hydroxyl groups excluding tert-OH is 1. The van der Waals surface area contributed by atoms with E-state index in [9.17, 15) is 9.90 Å². The third-order valence-electron chi connectivity index (χ3n) is 3.54. The molecule has 0 bridgehead atoms. The van der Waals surface area contributed by atoms with Crippen LogP contribution in [-0.2, 0) is 4.79 Å². The molecule has 0 saturated heterocycles. The van der Waals surface area contributed by atoms with Crippen LogP contribution in [0.2, 0.25) is 0 Å². The van der Waals surface area contributed by atoms with Crippen LogP contribution in [0.3, 0.4) is 0 Å². The zero-order valence-corrected chi connectivity index (χ0v) is 20.8. The quantitative estimate of drug-likeness (QED) is 0.138. The van der Waals surface area contributed by atoms with Gasteiger partial charge in [0.1, 0.15) is 5.44 Å². The van der Waals surface area contributed by atoms with E-state index in [0.29, 0.717) is 27.6 Å². The molecule has 0 spiro atoms. The Kier molecular flexibility index (Phi) is 13.0. The minimum absolute atomic E-state index is 0.0239. The Morgan fingerprint density at radius 2 is 1.55 bits per heavy atom. The molecule has 162 valence electrons. The monoisotopic (exact) mass is 474 g/mol. The van der Waals surface area contributed by atoms with Crippen LogP contribution in [0.5, 0.6) is 0 Å². The summed E-state index contributed by atoms with van der Waals surface area (Å²) in [5.74, 6) is 3.64. The zero-order valence-electron chi connectivity index (χ0n) is 17.5. The second-order valence-corrected chi connectivity index (χ2v) is 10.4. The molecule has 0 aliphatic carbocycles. The van der Waals surface area contributed by atoms with Crippen LogP contribution < -0.4 is 4.90 Å². The van der Waals surface area contributed by atoms with E-state index in [-0.39, 0.29) is 5.12 Å². The SMILES string of the molecule is C=C(C)C(=O)SCCSc1nc(SCCSC(O)C(=C)C)nc(N(CC)CC)n1. The number of carbonyl (C=O) groups excluding carboxylic acids is 1. The van der Waals surface area contributed by atoms with Gasteiger partial charge in [-0.15, -0.1) is 11.8 Å². The number of thioether (sulfide) groups is 4. The van der Waals surface area contributed by atoms with E-state index in [2.05, 4.69) is 46.9 Å². The van der Waals surface area contributed by atoms with Gasteiger partial charge in [-0.05, 0) is 38.8 Å². The van der Waals surface area contributed by atoms with Crippen molar-refractivity contribution in [2.75, 3.05) is 41.0 Å². The minimum atomic E-state index is -0.536. The molecule has 0 radical (unpaired) electrons. The first-order valence-electron chi connectivity index (χ1n) is 9.32. The fourth-order valence-electron chi connectivity index (χ4n) is 1.93. The number of rotatable bonds is 14. The number of carbonyl (C=O) groups is 1. The normalized spacial score (nSPS) is 11.9. The maximum absolute atomic E-state index is 11.6. The van der Waals surface area contributed by atoms with Crippen molar-refractivity contribution >= 4 is 58.1 Å². The number of aromatic nitrogens is 3. The molecule has 1 atom stereocenters. The summed E-state index contributed by atoms with van der Waals surface area (Å²) in [6, 6.07) is 0. The van der Waals surface area contributed by atoms with Crippen LogP contribution in [0.25, 0.3) is 0 Å². The lowest BCUT2D eigenvalue weighted by molar-refractivity contribution is -0.107. The van der Waals surface area contributed by atoms with Gasteiger partial charge in [-0.25, -0.2) is 0 Å². The molecule has 0 saturated carbocycles. The van der Waals surface area contributed by atoms with E-state index in [1.165, 1.54) is 35.3 Å². The van der Waals surface area contributed by atoms with Gasteiger partial charge in [0, 0.05) is 36.1 Å². The number of hydrogen-bond acceptors (Lipinski definition) is 10. The molecule has 1 aromatic rings. The van der Waals surface area contributed by atoms with Gasteiger partial charge >= 0.3 is 0 Å². The van der Waals surface area contributed by atoms with Crippen molar-refractivity contribution in [3.05, 3.63) is 24.3 Å². The van der Waals surface area contributed by atoms with E-state index in [4.69, 9.17) is 0 Å². The van der Waals surface area contributed by atoms with Crippen molar-refractivity contribution in [2.24, 2.45) is 0 Å². The highest BCUT2D eigenvalue weighted by Gasteiger charge is 2.13. The standard InChI is InChI=1S/C19H30N4O2S4/c1-7-23(8-2)17-20-18(28-11-9-26-15(24)13(3)4)22-19(21-17)29-12-10-27-16(25)14(5)6/h15,24H,3,5,7-12H2,1-2,4,6H3. The lowest BCUT2D eigenvalue weighted by Crippen LogP contribution is -2.25. The lowest BCUT2D eigenvalue weighted by atomic mass is 10.4. The van der Waals surface area contributed by atoms with Gasteiger partial charge in [0.25, 0.3) is 0 Å². The van der Waals surface area contributed by atoms with E-state index < -0.39 is 5.44 Å². The summed E-state index contributed by atoms with van der Waals surface area (Å²) >= 11 is 5.81. The molecule has 1 N–H and O–H groups in total. The highest BCUT2D eigenvalue weighted by Crippen LogP contribution is 2.24. The molecule has 0 aromatic carbocycles. The van der Waals surface area contributed by atoms with Gasteiger partial charge in [-0.1, -0.05) is 48.4 Å². The van der Waals surface area contributed by atoms with Crippen LogP contribution in [0.1, 0.15) is 27.7 Å². The third kappa shape index (κ3) is 10.3. The molecule has 1 unspecified atom stereocenters. The molecule has 0 amide bonds. The molecule has 1 rings (SSSR count). The molecule has 1 aromatic heterocycles. The van der Waals surface area contributed by atoms with Gasteiger partial charge in [-0.2, -0.15) is 15.0 Å². The van der Waals surface area contributed by atoms with Crippen LogP contribution in [0, 0.1) is 0 Å². The molecule has 0 aliphatic heterocycles. The molecular formula is C19H30N4O2S4. The first-order valence-corrected chi connectivity index (χ1v) is 13.3. The van der Waals surface area contributed by atoms with Crippen LogP contribution in [0.15, 0.2) is 34.6 Å². The predicted octanol–water partition coefficient (Wildman–Crippen LogP) is 4.37. The van der Waals surface area contributed by atoms with Gasteiger partial charge in [-0.3, -0.25) is 4.79 Å². The Morgan fingerprint density at radius 1 is 1.00 bits per heavy atom.